The van der Waals surface area contributed by atoms with Gasteiger partial charge in [-0.1, -0.05) is 30.3 Å². The predicted octanol–water partition coefficient (Wildman–Crippen LogP) is 3.84. The Morgan fingerprint density at radius 3 is 2.64 bits per heavy atom. The maximum absolute atomic E-state index is 11.8. The summed E-state index contributed by atoms with van der Waals surface area (Å²) in [5.41, 5.74) is 3.46. The molecule has 3 aromatic rings. The molecule has 3 rings (SSSR count). The Morgan fingerprint density at radius 1 is 1.14 bits per heavy atom. The predicted molar refractivity (Wildman–Crippen MR) is 85.1 cm³/mol. The fraction of sp³-hybridized carbons (Fsp3) is 0.167. The molecular formula is C18H17NO3. The second kappa shape index (κ2) is 5.93. The lowest BCUT2D eigenvalue weighted by Gasteiger charge is -2.09. The number of hydrogen-bond donors (Lipinski definition) is 1. The second-order valence-electron chi connectivity index (χ2n) is 5.16. The smallest absolute Gasteiger partial charge is 0.338 e. The largest absolute Gasteiger partial charge is 0.487 e. The lowest BCUT2D eigenvalue weighted by Crippen LogP contribution is -2.03. The zero-order valence-electron chi connectivity index (χ0n) is 12.6. The molecule has 0 radical (unpaired) electrons. The Hall–Kier alpha value is -2.75. The maximum atomic E-state index is 11.8. The quantitative estimate of drug-likeness (QED) is 0.744. The highest BCUT2D eigenvalue weighted by atomic mass is 16.5. The van der Waals surface area contributed by atoms with Gasteiger partial charge >= 0.3 is 5.97 Å². The molecule has 0 aliphatic rings. The summed E-state index contributed by atoms with van der Waals surface area (Å²) < 4.78 is 10.7. The van der Waals surface area contributed by atoms with Gasteiger partial charge in [-0.15, -0.1) is 0 Å². The molecule has 4 nitrogen and oxygen atoms in total. The van der Waals surface area contributed by atoms with Gasteiger partial charge in [-0.3, -0.25) is 0 Å². The molecular weight excluding hydrogens is 278 g/mol. The van der Waals surface area contributed by atoms with Gasteiger partial charge in [-0.25, -0.2) is 4.79 Å². The van der Waals surface area contributed by atoms with Crippen LogP contribution < -0.4 is 4.74 Å². The zero-order valence-corrected chi connectivity index (χ0v) is 12.6. The van der Waals surface area contributed by atoms with E-state index in [1.165, 1.54) is 7.11 Å². The lowest BCUT2D eigenvalue weighted by molar-refractivity contribution is 0.0600. The van der Waals surface area contributed by atoms with Crippen LogP contribution in [0.4, 0.5) is 0 Å². The number of rotatable bonds is 4. The van der Waals surface area contributed by atoms with Crippen LogP contribution in [0.2, 0.25) is 0 Å². The molecule has 0 amide bonds. The van der Waals surface area contributed by atoms with E-state index in [9.17, 15) is 4.79 Å². The first kappa shape index (κ1) is 14.2. The van der Waals surface area contributed by atoms with E-state index in [-0.39, 0.29) is 5.97 Å². The number of fused-ring (bicyclic) bond motifs is 1. The first-order chi connectivity index (χ1) is 10.7. The number of nitrogens with one attached hydrogen (secondary N) is 1. The molecule has 2 aromatic carbocycles. The number of hydrogen-bond acceptors (Lipinski definition) is 3. The third-order valence-electron chi connectivity index (χ3n) is 3.49. The second-order valence-corrected chi connectivity index (χ2v) is 5.16. The van der Waals surface area contributed by atoms with Crippen molar-refractivity contribution in [2.24, 2.45) is 0 Å². The van der Waals surface area contributed by atoms with E-state index in [2.05, 4.69) is 4.98 Å². The van der Waals surface area contributed by atoms with E-state index in [1.807, 2.05) is 43.3 Å². The van der Waals surface area contributed by atoms with E-state index in [0.717, 1.165) is 22.2 Å². The van der Waals surface area contributed by atoms with Crippen LogP contribution in [-0.4, -0.2) is 18.1 Å². The topological polar surface area (TPSA) is 51.3 Å². The highest BCUT2D eigenvalue weighted by molar-refractivity contribution is 5.97. The van der Waals surface area contributed by atoms with Gasteiger partial charge in [-0.05, 0) is 30.7 Å². The van der Waals surface area contributed by atoms with Crippen LogP contribution in [0.3, 0.4) is 0 Å². The average Bonchev–Trinajstić information content (AvgIpc) is 2.93. The number of aryl methyl sites for hydroxylation is 1. The van der Waals surface area contributed by atoms with Crippen molar-refractivity contribution in [1.82, 2.24) is 4.98 Å². The average molecular weight is 295 g/mol. The van der Waals surface area contributed by atoms with Crippen molar-refractivity contribution in [3.63, 3.8) is 0 Å². The summed E-state index contributed by atoms with van der Waals surface area (Å²) in [5.74, 6) is 0.278. The highest BCUT2D eigenvalue weighted by Crippen LogP contribution is 2.29. The molecule has 0 spiro atoms. The van der Waals surface area contributed by atoms with Gasteiger partial charge in [0.15, 0.2) is 0 Å². The zero-order chi connectivity index (χ0) is 15.5. The number of aromatic amines is 1. The molecule has 112 valence electrons. The van der Waals surface area contributed by atoms with Crippen LogP contribution in [0.1, 0.15) is 21.6 Å². The van der Waals surface area contributed by atoms with Gasteiger partial charge in [0.1, 0.15) is 12.4 Å². The Kier molecular flexibility index (Phi) is 3.83. The Labute approximate surface area is 128 Å². The van der Waals surface area contributed by atoms with Gasteiger partial charge in [0.25, 0.3) is 0 Å². The first-order valence-electron chi connectivity index (χ1n) is 7.06. The molecule has 0 aliphatic carbocycles. The first-order valence-corrected chi connectivity index (χ1v) is 7.06. The third kappa shape index (κ3) is 2.81. The minimum atomic E-state index is -0.370. The lowest BCUT2D eigenvalue weighted by atomic mass is 10.1. The van der Waals surface area contributed by atoms with Crippen molar-refractivity contribution in [2.75, 3.05) is 7.11 Å². The van der Waals surface area contributed by atoms with Crippen molar-refractivity contribution in [3.05, 3.63) is 65.4 Å². The van der Waals surface area contributed by atoms with Gasteiger partial charge in [0.05, 0.1) is 18.2 Å². The maximum Gasteiger partial charge on any atom is 0.338 e. The summed E-state index contributed by atoms with van der Waals surface area (Å²) in [6, 6.07) is 15.4. The van der Waals surface area contributed by atoms with Crippen LogP contribution in [0.15, 0.2) is 48.5 Å². The van der Waals surface area contributed by atoms with Crippen LogP contribution in [0, 0.1) is 6.92 Å². The summed E-state index contributed by atoms with van der Waals surface area (Å²) >= 11 is 0. The number of esters is 1. The number of carbonyl (C=O) groups excluding carboxylic acids is 1. The SMILES string of the molecule is COC(=O)c1cc(OCc2ccccc2)c2[nH]c(C)cc2c1. The molecule has 0 saturated heterocycles. The fourth-order valence-electron chi connectivity index (χ4n) is 2.44. The van der Waals surface area contributed by atoms with Crippen LogP contribution in [0.5, 0.6) is 5.75 Å². The standard InChI is InChI=1S/C18H17NO3/c1-12-8-14-9-15(18(20)21-2)10-16(17(14)19-12)22-11-13-6-4-3-5-7-13/h3-10,19H,11H2,1-2H3. The van der Waals surface area contributed by atoms with Gasteiger partial charge in [0, 0.05) is 11.1 Å². The van der Waals surface area contributed by atoms with Crippen LogP contribution >= 0.6 is 0 Å². The molecule has 1 heterocycles. The van der Waals surface area contributed by atoms with Crippen molar-refractivity contribution >= 4 is 16.9 Å². The molecule has 0 bridgehead atoms. The van der Waals surface area contributed by atoms with Crippen LogP contribution in [0.25, 0.3) is 10.9 Å². The number of carbonyl (C=O) groups is 1. The van der Waals surface area contributed by atoms with E-state index >= 15 is 0 Å². The van der Waals surface area contributed by atoms with Crippen molar-refractivity contribution in [2.45, 2.75) is 13.5 Å². The number of aromatic nitrogens is 1. The van der Waals surface area contributed by atoms with Gasteiger partial charge in [0.2, 0.25) is 0 Å². The minimum Gasteiger partial charge on any atom is -0.487 e. The molecule has 4 heteroatoms. The fourth-order valence-corrected chi connectivity index (χ4v) is 2.44. The van der Waals surface area contributed by atoms with E-state index in [4.69, 9.17) is 9.47 Å². The van der Waals surface area contributed by atoms with Crippen molar-refractivity contribution < 1.29 is 14.3 Å². The summed E-state index contributed by atoms with van der Waals surface area (Å²) in [5, 5.41) is 0.934. The molecule has 1 N–H and O–H groups in total. The molecule has 0 fully saturated rings. The number of ether oxygens (including phenoxy) is 2. The molecule has 0 aliphatic heterocycles. The number of H-pyrrole nitrogens is 1. The highest BCUT2D eigenvalue weighted by Gasteiger charge is 2.13. The summed E-state index contributed by atoms with van der Waals surface area (Å²) in [4.78, 5) is 15.1. The van der Waals surface area contributed by atoms with Crippen molar-refractivity contribution in [3.8, 4) is 5.75 Å². The summed E-state index contributed by atoms with van der Waals surface area (Å²) in [7, 11) is 1.37. The van der Waals surface area contributed by atoms with E-state index < -0.39 is 0 Å². The van der Waals surface area contributed by atoms with Gasteiger partial charge < -0.3 is 14.5 Å². The Bertz CT molecular complexity index is 806. The number of methoxy groups -OCH3 is 1. The molecule has 0 unspecified atom stereocenters. The molecule has 1 aromatic heterocycles. The van der Waals surface area contributed by atoms with Crippen LogP contribution in [-0.2, 0) is 11.3 Å². The Balaban J connectivity index is 1.97. The molecule has 0 saturated carbocycles. The van der Waals surface area contributed by atoms with E-state index in [0.29, 0.717) is 17.9 Å². The van der Waals surface area contributed by atoms with Gasteiger partial charge in [-0.2, -0.15) is 0 Å². The monoisotopic (exact) mass is 295 g/mol. The minimum absolute atomic E-state index is 0.370. The Morgan fingerprint density at radius 2 is 1.91 bits per heavy atom. The summed E-state index contributed by atoms with van der Waals surface area (Å²) in [6.07, 6.45) is 0. The molecule has 0 atom stereocenters. The summed E-state index contributed by atoms with van der Waals surface area (Å²) in [6.45, 7) is 2.41. The molecule has 22 heavy (non-hydrogen) atoms. The normalized spacial score (nSPS) is 10.6. The number of benzene rings is 2. The third-order valence-corrected chi connectivity index (χ3v) is 3.49. The van der Waals surface area contributed by atoms with E-state index in [1.54, 1.807) is 12.1 Å². The van der Waals surface area contributed by atoms with Crippen molar-refractivity contribution in [1.29, 1.82) is 0 Å².